The fourth-order valence-corrected chi connectivity index (χ4v) is 3.67. The molecule has 29 heavy (non-hydrogen) atoms. The maximum Gasteiger partial charge on any atom is 0.254 e. The third-order valence-corrected chi connectivity index (χ3v) is 5.28. The van der Waals surface area contributed by atoms with Crippen molar-refractivity contribution >= 4 is 11.7 Å². The Morgan fingerprint density at radius 2 is 1.97 bits per heavy atom. The molecule has 0 radical (unpaired) electrons. The molecule has 1 amide bonds. The highest BCUT2D eigenvalue weighted by atomic mass is 16.5. The topological polar surface area (TPSA) is 54.5 Å². The molecule has 5 nitrogen and oxygen atoms in total. The maximum atomic E-state index is 13.0. The summed E-state index contributed by atoms with van der Waals surface area (Å²) in [6.45, 7) is 2.14. The van der Waals surface area contributed by atoms with E-state index in [9.17, 15) is 4.79 Å². The van der Waals surface area contributed by atoms with Crippen LogP contribution in [0, 0.1) is 0 Å². The zero-order chi connectivity index (χ0) is 20.1. The van der Waals surface area contributed by atoms with Crippen LogP contribution in [0.1, 0.15) is 27.0 Å². The molecular formula is C24H25N3O2. The molecule has 1 aliphatic heterocycles. The number of ether oxygens (including phenoxy) is 1. The number of carbonyl (C=O) groups is 1. The molecule has 0 atom stereocenters. The van der Waals surface area contributed by atoms with E-state index in [1.165, 1.54) is 16.7 Å². The highest BCUT2D eigenvalue weighted by Gasteiger charge is 2.21. The van der Waals surface area contributed by atoms with Crippen molar-refractivity contribution in [3.8, 4) is 5.75 Å². The SMILES string of the molecule is COc1cccc(CCNc2cc(C(=O)N3CCc4ccccc4C3)ccn2)c1. The summed E-state index contributed by atoms with van der Waals surface area (Å²) >= 11 is 0. The van der Waals surface area contributed by atoms with Crippen molar-refractivity contribution in [1.82, 2.24) is 9.88 Å². The van der Waals surface area contributed by atoms with Crippen LogP contribution in [0.3, 0.4) is 0 Å². The number of aromatic nitrogens is 1. The van der Waals surface area contributed by atoms with Gasteiger partial charge in [-0.05, 0) is 53.8 Å². The van der Waals surface area contributed by atoms with E-state index in [-0.39, 0.29) is 5.91 Å². The van der Waals surface area contributed by atoms with Crippen molar-refractivity contribution in [2.75, 3.05) is 25.5 Å². The lowest BCUT2D eigenvalue weighted by Gasteiger charge is -2.29. The lowest BCUT2D eigenvalue weighted by Crippen LogP contribution is -2.36. The Morgan fingerprint density at radius 1 is 1.10 bits per heavy atom. The predicted molar refractivity (Wildman–Crippen MR) is 114 cm³/mol. The van der Waals surface area contributed by atoms with Gasteiger partial charge in [-0.25, -0.2) is 4.98 Å². The summed E-state index contributed by atoms with van der Waals surface area (Å²) in [5, 5.41) is 3.32. The number of hydrogen-bond acceptors (Lipinski definition) is 4. The summed E-state index contributed by atoms with van der Waals surface area (Å²) in [4.78, 5) is 19.3. The van der Waals surface area contributed by atoms with Crippen LogP contribution < -0.4 is 10.1 Å². The summed E-state index contributed by atoms with van der Waals surface area (Å²) in [6, 6.07) is 20.0. The fourth-order valence-electron chi connectivity index (χ4n) is 3.67. The van der Waals surface area contributed by atoms with Crippen LogP contribution >= 0.6 is 0 Å². The number of methoxy groups -OCH3 is 1. The molecule has 148 valence electrons. The van der Waals surface area contributed by atoms with E-state index in [4.69, 9.17) is 4.74 Å². The molecule has 3 aromatic rings. The van der Waals surface area contributed by atoms with Crippen LogP contribution in [0.4, 0.5) is 5.82 Å². The molecule has 4 rings (SSSR count). The minimum absolute atomic E-state index is 0.0535. The summed E-state index contributed by atoms with van der Waals surface area (Å²) in [7, 11) is 1.67. The van der Waals surface area contributed by atoms with Gasteiger partial charge in [-0.15, -0.1) is 0 Å². The third-order valence-electron chi connectivity index (χ3n) is 5.28. The Balaban J connectivity index is 1.37. The highest BCUT2D eigenvalue weighted by Crippen LogP contribution is 2.21. The van der Waals surface area contributed by atoms with Gasteiger partial charge in [0.1, 0.15) is 11.6 Å². The zero-order valence-corrected chi connectivity index (χ0v) is 16.6. The number of hydrogen-bond donors (Lipinski definition) is 1. The lowest BCUT2D eigenvalue weighted by atomic mass is 9.99. The minimum Gasteiger partial charge on any atom is -0.497 e. The molecule has 1 aliphatic rings. The van der Waals surface area contributed by atoms with Gasteiger partial charge < -0.3 is 15.0 Å². The van der Waals surface area contributed by atoms with Gasteiger partial charge in [-0.3, -0.25) is 4.79 Å². The summed E-state index contributed by atoms with van der Waals surface area (Å²) in [6.07, 6.45) is 3.44. The normalized spacial score (nSPS) is 12.9. The largest absolute Gasteiger partial charge is 0.497 e. The van der Waals surface area contributed by atoms with E-state index < -0.39 is 0 Å². The maximum absolute atomic E-state index is 13.0. The first kappa shape index (κ1) is 19.0. The molecule has 1 N–H and O–H groups in total. The minimum atomic E-state index is 0.0535. The van der Waals surface area contributed by atoms with Gasteiger partial charge in [0, 0.05) is 31.4 Å². The van der Waals surface area contributed by atoms with Crippen LogP contribution in [-0.2, 0) is 19.4 Å². The Bertz CT molecular complexity index is 1000. The van der Waals surface area contributed by atoms with Crippen molar-refractivity contribution in [1.29, 1.82) is 0 Å². The van der Waals surface area contributed by atoms with Crippen molar-refractivity contribution in [2.45, 2.75) is 19.4 Å². The number of carbonyl (C=O) groups excluding carboxylic acids is 1. The van der Waals surface area contributed by atoms with Gasteiger partial charge in [-0.2, -0.15) is 0 Å². The summed E-state index contributed by atoms with van der Waals surface area (Å²) < 4.78 is 5.27. The standard InChI is InChI=1S/C24H25N3O2/c1-29-22-8-4-5-18(15-22)9-12-25-23-16-20(10-13-26-23)24(28)27-14-11-19-6-2-3-7-21(19)17-27/h2-8,10,13,15-16H,9,11-12,14,17H2,1H3,(H,25,26). The van der Waals surface area contributed by atoms with E-state index >= 15 is 0 Å². The molecule has 0 aliphatic carbocycles. The first-order chi connectivity index (χ1) is 14.2. The zero-order valence-electron chi connectivity index (χ0n) is 16.6. The number of rotatable bonds is 6. The highest BCUT2D eigenvalue weighted by molar-refractivity contribution is 5.95. The first-order valence-electron chi connectivity index (χ1n) is 9.92. The van der Waals surface area contributed by atoms with E-state index in [0.29, 0.717) is 12.1 Å². The van der Waals surface area contributed by atoms with Crippen LogP contribution in [0.25, 0.3) is 0 Å². The second kappa shape index (κ2) is 8.78. The summed E-state index contributed by atoms with van der Waals surface area (Å²) in [5.41, 5.74) is 4.43. The van der Waals surface area contributed by atoms with E-state index in [1.807, 2.05) is 35.2 Å². The third kappa shape index (κ3) is 4.57. The van der Waals surface area contributed by atoms with Gasteiger partial charge in [0.15, 0.2) is 0 Å². The second-order valence-corrected chi connectivity index (χ2v) is 7.20. The predicted octanol–water partition coefficient (Wildman–Crippen LogP) is 3.94. The molecule has 0 saturated heterocycles. The van der Waals surface area contributed by atoms with Gasteiger partial charge in [0.25, 0.3) is 5.91 Å². The monoisotopic (exact) mass is 387 g/mol. The quantitative estimate of drug-likeness (QED) is 0.696. The van der Waals surface area contributed by atoms with E-state index in [0.717, 1.165) is 37.5 Å². The number of pyridine rings is 1. The molecule has 2 heterocycles. The van der Waals surface area contributed by atoms with Crippen molar-refractivity contribution in [3.63, 3.8) is 0 Å². The number of anilines is 1. The molecule has 0 fully saturated rings. The number of nitrogens with one attached hydrogen (secondary N) is 1. The second-order valence-electron chi connectivity index (χ2n) is 7.20. The van der Waals surface area contributed by atoms with Gasteiger partial charge in [0.05, 0.1) is 7.11 Å². The average Bonchev–Trinajstić information content (AvgIpc) is 2.78. The van der Waals surface area contributed by atoms with Gasteiger partial charge >= 0.3 is 0 Å². The number of nitrogens with zero attached hydrogens (tertiary/aromatic N) is 2. The van der Waals surface area contributed by atoms with Crippen LogP contribution in [-0.4, -0.2) is 36.0 Å². The molecule has 0 saturated carbocycles. The van der Waals surface area contributed by atoms with Gasteiger partial charge in [0.2, 0.25) is 0 Å². The van der Waals surface area contributed by atoms with Crippen LogP contribution in [0.5, 0.6) is 5.75 Å². The van der Waals surface area contributed by atoms with Crippen LogP contribution in [0.2, 0.25) is 0 Å². The fraction of sp³-hybridized carbons (Fsp3) is 0.250. The summed E-state index contributed by atoms with van der Waals surface area (Å²) in [5.74, 6) is 1.63. The Morgan fingerprint density at radius 3 is 2.83 bits per heavy atom. The van der Waals surface area contributed by atoms with Crippen LogP contribution in [0.15, 0.2) is 66.9 Å². The lowest BCUT2D eigenvalue weighted by molar-refractivity contribution is 0.0734. The number of fused-ring (bicyclic) bond motifs is 1. The smallest absolute Gasteiger partial charge is 0.254 e. The van der Waals surface area contributed by atoms with Crippen molar-refractivity contribution in [2.24, 2.45) is 0 Å². The molecular weight excluding hydrogens is 362 g/mol. The number of amides is 1. The Kier molecular flexibility index (Phi) is 5.75. The molecule has 2 aromatic carbocycles. The van der Waals surface area contributed by atoms with Gasteiger partial charge in [-0.1, -0.05) is 36.4 Å². The average molecular weight is 387 g/mol. The van der Waals surface area contributed by atoms with Crippen molar-refractivity contribution in [3.05, 3.63) is 89.1 Å². The molecule has 0 unspecified atom stereocenters. The molecule has 5 heteroatoms. The molecule has 0 spiro atoms. The van der Waals surface area contributed by atoms with Crippen molar-refractivity contribution < 1.29 is 9.53 Å². The Labute approximate surface area is 171 Å². The first-order valence-corrected chi connectivity index (χ1v) is 9.92. The van der Waals surface area contributed by atoms with E-state index in [1.54, 1.807) is 19.4 Å². The number of benzene rings is 2. The Hall–Kier alpha value is -3.34. The molecule has 0 bridgehead atoms. The molecule has 1 aromatic heterocycles. The van der Waals surface area contributed by atoms with E-state index in [2.05, 4.69) is 34.6 Å².